The molecule has 0 saturated carbocycles. The third-order valence-electron chi connectivity index (χ3n) is 2.41. The molecule has 0 fully saturated rings. The van der Waals surface area contributed by atoms with Crippen LogP contribution in [0, 0.1) is 11.7 Å². The molecule has 0 aromatic carbocycles. The first-order valence-electron chi connectivity index (χ1n) is 5.22. The van der Waals surface area contributed by atoms with E-state index < -0.39 is 11.8 Å². The highest BCUT2D eigenvalue weighted by Crippen LogP contribution is 2.16. The van der Waals surface area contributed by atoms with Crippen LogP contribution < -0.4 is 5.32 Å². The van der Waals surface area contributed by atoms with Crippen molar-refractivity contribution in [3.05, 3.63) is 23.6 Å². The molecule has 94 valence electrons. The van der Waals surface area contributed by atoms with Crippen LogP contribution in [0.25, 0.3) is 0 Å². The number of aliphatic hydroxyl groups is 1. The number of aromatic carboxylic acids is 1. The van der Waals surface area contributed by atoms with Crippen molar-refractivity contribution in [2.45, 2.75) is 19.9 Å². The highest BCUT2D eigenvalue weighted by Gasteiger charge is 2.18. The molecule has 0 aliphatic rings. The molecule has 0 radical (unpaired) electrons. The minimum absolute atomic E-state index is 0.0617. The summed E-state index contributed by atoms with van der Waals surface area (Å²) in [6, 6.07) is 0.568. The van der Waals surface area contributed by atoms with E-state index in [4.69, 9.17) is 10.2 Å². The molecule has 1 aromatic heterocycles. The third kappa shape index (κ3) is 3.39. The first-order chi connectivity index (χ1) is 7.95. The second-order valence-electron chi connectivity index (χ2n) is 4.03. The van der Waals surface area contributed by atoms with Crippen molar-refractivity contribution in [1.29, 1.82) is 0 Å². The number of nitrogens with one attached hydrogen (secondary N) is 1. The summed E-state index contributed by atoms with van der Waals surface area (Å²) in [6.45, 7) is 3.59. The largest absolute Gasteiger partial charge is 0.478 e. The number of nitrogens with zero attached hydrogens (tertiary/aromatic N) is 1. The van der Waals surface area contributed by atoms with Gasteiger partial charge >= 0.3 is 5.97 Å². The van der Waals surface area contributed by atoms with Crippen molar-refractivity contribution >= 4 is 11.8 Å². The van der Waals surface area contributed by atoms with Gasteiger partial charge in [0, 0.05) is 0 Å². The van der Waals surface area contributed by atoms with Crippen LogP contribution in [0.1, 0.15) is 24.2 Å². The fourth-order valence-electron chi connectivity index (χ4n) is 1.32. The zero-order chi connectivity index (χ0) is 13.0. The quantitative estimate of drug-likeness (QED) is 0.726. The van der Waals surface area contributed by atoms with E-state index in [2.05, 4.69) is 10.3 Å². The summed E-state index contributed by atoms with van der Waals surface area (Å²) in [5, 5.41) is 20.8. The van der Waals surface area contributed by atoms with Crippen LogP contribution in [-0.2, 0) is 0 Å². The molecule has 6 heteroatoms. The lowest BCUT2D eigenvalue weighted by molar-refractivity contribution is 0.0696. The average Bonchev–Trinajstić information content (AvgIpc) is 2.26. The number of hydrogen-bond donors (Lipinski definition) is 3. The number of pyridine rings is 1. The van der Waals surface area contributed by atoms with Crippen LogP contribution in [0.5, 0.6) is 0 Å². The molecule has 1 aromatic rings. The molecule has 0 spiro atoms. The number of aromatic nitrogens is 1. The number of carboxylic acids is 1. The zero-order valence-electron chi connectivity index (χ0n) is 9.64. The van der Waals surface area contributed by atoms with E-state index >= 15 is 0 Å². The maximum atomic E-state index is 12.9. The Kier molecular flexibility index (Phi) is 4.39. The van der Waals surface area contributed by atoms with E-state index in [1.54, 1.807) is 0 Å². The summed E-state index contributed by atoms with van der Waals surface area (Å²) in [5.41, 5.74) is -0.246. The Balaban J connectivity index is 3.01. The summed E-state index contributed by atoms with van der Waals surface area (Å²) in [7, 11) is 0. The molecule has 17 heavy (non-hydrogen) atoms. The number of rotatable bonds is 5. The van der Waals surface area contributed by atoms with Gasteiger partial charge in [-0.05, 0) is 12.0 Å². The lowest BCUT2D eigenvalue weighted by Crippen LogP contribution is -2.30. The van der Waals surface area contributed by atoms with Gasteiger partial charge in [-0.1, -0.05) is 13.8 Å². The second kappa shape index (κ2) is 5.58. The van der Waals surface area contributed by atoms with Gasteiger partial charge in [-0.3, -0.25) is 0 Å². The maximum absolute atomic E-state index is 12.9. The number of carboxylic acid groups (broad SMARTS) is 1. The Hall–Kier alpha value is -1.69. The smallest absolute Gasteiger partial charge is 0.339 e. The van der Waals surface area contributed by atoms with Gasteiger partial charge in [0.05, 0.1) is 18.8 Å². The number of aliphatic hydroxyl groups excluding tert-OH is 1. The third-order valence-corrected chi connectivity index (χ3v) is 2.41. The molecule has 0 aliphatic carbocycles. The number of halogens is 1. The van der Waals surface area contributed by atoms with Crippen LogP contribution in [0.4, 0.5) is 10.2 Å². The fourth-order valence-corrected chi connectivity index (χ4v) is 1.32. The van der Waals surface area contributed by atoms with Gasteiger partial charge in [0.1, 0.15) is 17.2 Å². The molecule has 1 atom stereocenters. The fraction of sp³-hybridized carbons (Fsp3) is 0.455. The van der Waals surface area contributed by atoms with E-state index in [1.165, 1.54) is 0 Å². The van der Waals surface area contributed by atoms with Crippen molar-refractivity contribution in [3.63, 3.8) is 0 Å². The summed E-state index contributed by atoms with van der Waals surface area (Å²) in [6.07, 6.45) is 0.934. The second-order valence-corrected chi connectivity index (χ2v) is 4.03. The molecular formula is C11H15FN2O3. The van der Waals surface area contributed by atoms with Crippen molar-refractivity contribution in [2.75, 3.05) is 11.9 Å². The molecule has 1 heterocycles. The Bertz CT molecular complexity index is 410. The van der Waals surface area contributed by atoms with Gasteiger partial charge in [0.25, 0.3) is 0 Å². The van der Waals surface area contributed by atoms with E-state index in [9.17, 15) is 9.18 Å². The van der Waals surface area contributed by atoms with Crippen LogP contribution in [0.3, 0.4) is 0 Å². The first kappa shape index (κ1) is 13.4. The number of carbonyl (C=O) groups is 1. The number of anilines is 1. The zero-order valence-corrected chi connectivity index (χ0v) is 9.64. The Morgan fingerprint density at radius 1 is 1.59 bits per heavy atom. The van der Waals surface area contributed by atoms with E-state index in [0.29, 0.717) is 0 Å². The molecule has 0 amide bonds. The SMILES string of the molecule is CC(C)C(CO)Nc1ncc(F)cc1C(=O)O. The molecule has 0 saturated heterocycles. The minimum atomic E-state index is -1.26. The first-order valence-corrected chi connectivity index (χ1v) is 5.22. The van der Waals surface area contributed by atoms with Crippen molar-refractivity contribution in [2.24, 2.45) is 5.92 Å². The van der Waals surface area contributed by atoms with Gasteiger partial charge in [0.2, 0.25) is 0 Å². The molecule has 3 N–H and O–H groups in total. The van der Waals surface area contributed by atoms with Gasteiger partial charge in [-0.25, -0.2) is 14.2 Å². The highest BCUT2D eigenvalue weighted by molar-refractivity contribution is 5.93. The lowest BCUT2D eigenvalue weighted by atomic mass is 10.1. The monoisotopic (exact) mass is 242 g/mol. The average molecular weight is 242 g/mol. The minimum Gasteiger partial charge on any atom is -0.478 e. The Morgan fingerprint density at radius 2 is 2.24 bits per heavy atom. The van der Waals surface area contributed by atoms with Crippen molar-refractivity contribution < 1.29 is 19.4 Å². The molecule has 1 rings (SSSR count). The predicted molar refractivity (Wildman–Crippen MR) is 60.5 cm³/mol. The van der Waals surface area contributed by atoms with E-state index in [0.717, 1.165) is 12.3 Å². The molecule has 1 unspecified atom stereocenters. The maximum Gasteiger partial charge on any atom is 0.339 e. The van der Waals surface area contributed by atoms with Crippen LogP contribution >= 0.6 is 0 Å². The Morgan fingerprint density at radius 3 is 2.71 bits per heavy atom. The standard InChI is InChI=1S/C11H15FN2O3/c1-6(2)9(5-15)14-10-8(11(16)17)3-7(12)4-13-10/h3-4,6,9,15H,5H2,1-2H3,(H,13,14)(H,16,17). The lowest BCUT2D eigenvalue weighted by Gasteiger charge is -2.21. The molecule has 0 aliphatic heterocycles. The summed E-state index contributed by atoms with van der Waals surface area (Å²) >= 11 is 0. The van der Waals surface area contributed by atoms with Gasteiger partial charge in [-0.15, -0.1) is 0 Å². The van der Waals surface area contributed by atoms with E-state index in [1.807, 2.05) is 13.8 Å². The summed E-state index contributed by atoms with van der Waals surface area (Å²) in [4.78, 5) is 14.6. The van der Waals surface area contributed by atoms with Crippen molar-refractivity contribution in [1.82, 2.24) is 4.98 Å². The van der Waals surface area contributed by atoms with E-state index in [-0.39, 0.29) is 29.9 Å². The van der Waals surface area contributed by atoms with Crippen molar-refractivity contribution in [3.8, 4) is 0 Å². The van der Waals surface area contributed by atoms with Crippen LogP contribution in [0.2, 0.25) is 0 Å². The summed E-state index contributed by atoms with van der Waals surface area (Å²) in [5.74, 6) is -1.82. The predicted octanol–water partition coefficient (Wildman–Crippen LogP) is 1.35. The van der Waals surface area contributed by atoms with Gasteiger partial charge < -0.3 is 15.5 Å². The van der Waals surface area contributed by atoms with Gasteiger partial charge in [0.15, 0.2) is 0 Å². The highest BCUT2D eigenvalue weighted by atomic mass is 19.1. The number of hydrogen-bond acceptors (Lipinski definition) is 4. The molecular weight excluding hydrogens is 227 g/mol. The molecule has 5 nitrogen and oxygen atoms in total. The van der Waals surface area contributed by atoms with Crippen LogP contribution in [0.15, 0.2) is 12.3 Å². The van der Waals surface area contributed by atoms with Crippen LogP contribution in [-0.4, -0.2) is 33.8 Å². The molecule has 0 bridgehead atoms. The van der Waals surface area contributed by atoms with Gasteiger partial charge in [-0.2, -0.15) is 0 Å². The Labute approximate surface area is 98.3 Å². The normalized spacial score (nSPS) is 12.5. The summed E-state index contributed by atoms with van der Waals surface area (Å²) < 4.78 is 12.9. The topological polar surface area (TPSA) is 82.5 Å².